The Balaban J connectivity index is 2.10. The second-order valence-corrected chi connectivity index (χ2v) is 4.07. The topological polar surface area (TPSA) is 109 Å². The number of carbonyl (C=O) groups is 1. The average molecular weight is 252 g/mol. The summed E-state index contributed by atoms with van der Waals surface area (Å²) in [4.78, 5) is 30.1. The summed E-state index contributed by atoms with van der Waals surface area (Å²) in [6.07, 6.45) is 4.22. The molecule has 1 aliphatic carbocycles. The van der Waals surface area contributed by atoms with Crippen LogP contribution in [0, 0.1) is 10.1 Å². The van der Waals surface area contributed by atoms with Gasteiger partial charge in [0, 0.05) is 12.6 Å². The van der Waals surface area contributed by atoms with Gasteiger partial charge in [-0.25, -0.2) is 9.97 Å². The Labute approximate surface area is 102 Å². The molecule has 1 heterocycles. The summed E-state index contributed by atoms with van der Waals surface area (Å²) in [7, 11) is 0. The van der Waals surface area contributed by atoms with Crippen LogP contribution in [0.3, 0.4) is 0 Å². The Morgan fingerprint density at radius 2 is 2.11 bits per heavy atom. The minimum Gasteiger partial charge on any atom is -0.481 e. The van der Waals surface area contributed by atoms with Crippen molar-refractivity contribution in [3.05, 3.63) is 22.5 Å². The van der Waals surface area contributed by atoms with E-state index in [1.807, 2.05) is 0 Å². The Bertz CT molecular complexity index is 457. The lowest BCUT2D eigenvalue weighted by Crippen LogP contribution is -2.30. The molecule has 2 rings (SSSR count). The summed E-state index contributed by atoms with van der Waals surface area (Å²) >= 11 is 0. The van der Waals surface area contributed by atoms with E-state index in [0.717, 1.165) is 25.2 Å². The number of nitro groups is 1. The van der Waals surface area contributed by atoms with Gasteiger partial charge in [-0.3, -0.25) is 14.9 Å². The van der Waals surface area contributed by atoms with Crippen molar-refractivity contribution in [3.8, 4) is 0 Å². The zero-order chi connectivity index (χ0) is 13.1. The standard InChI is InChI=1S/C10H12N4O4/c15-9(16)3-4-13(7-1-2-7)10-11-5-8(6-12-10)14(17)18/h5-7H,1-4H2,(H,15,16). The van der Waals surface area contributed by atoms with E-state index in [0.29, 0.717) is 12.5 Å². The van der Waals surface area contributed by atoms with Crippen LogP contribution in [0.2, 0.25) is 0 Å². The predicted molar refractivity (Wildman–Crippen MR) is 61.3 cm³/mol. The quantitative estimate of drug-likeness (QED) is 0.589. The SMILES string of the molecule is O=C(O)CCN(c1ncc([N+](=O)[O-])cn1)C1CC1. The van der Waals surface area contributed by atoms with Crippen molar-refractivity contribution in [3.63, 3.8) is 0 Å². The number of hydrogen-bond acceptors (Lipinski definition) is 6. The van der Waals surface area contributed by atoms with E-state index in [2.05, 4.69) is 9.97 Å². The molecule has 0 aliphatic heterocycles. The highest BCUT2D eigenvalue weighted by Crippen LogP contribution is 2.29. The van der Waals surface area contributed by atoms with Crippen molar-refractivity contribution in [2.24, 2.45) is 0 Å². The lowest BCUT2D eigenvalue weighted by Gasteiger charge is -2.20. The largest absolute Gasteiger partial charge is 0.481 e. The number of hydrogen-bond donors (Lipinski definition) is 1. The van der Waals surface area contributed by atoms with E-state index in [-0.39, 0.29) is 18.2 Å². The van der Waals surface area contributed by atoms with Gasteiger partial charge >= 0.3 is 11.7 Å². The normalized spacial score (nSPS) is 14.2. The summed E-state index contributed by atoms with van der Waals surface area (Å²) in [5.41, 5.74) is -0.173. The number of nitrogens with zero attached hydrogens (tertiary/aromatic N) is 4. The highest BCUT2D eigenvalue weighted by atomic mass is 16.6. The van der Waals surface area contributed by atoms with Crippen molar-refractivity contribution in [1.82, 2.24) is 9.97 Å². The zero-order valence-corrected chi connectivity index (χ0v) is 9.52. The fourth-order valence-corrected chi connectivity index (χ4v) is 1.61. The van der Waals surface area contributed by atoms with Crippen LogP contribution < -0.4 is 4.90 Å². The number of anilines is 1. The molecule has 1 aromatic rings. The molecular formula is C10H12N4O4. The molecule has 1 N–H and O–H groups in total. The summed E-state index contributed by atoms with van der Waals surface area (Å²) in [6, 6.07) is 0.255. The van der Waals surface area contributed by atoms with E-state index < -0.39 is 10.9 Å². The van der Waals surface area contributed by atoms with Gasteiger partial charge in [0.05, 0.1) is 11.3 Å². The number of carboxylic acid groups (broad SMARTS) is 1. The van der Waals surface area contributed by atoms with Gasteiger partial charge in [-0.15, -0.1) is 0 Å². The van der Waals surface area contributed by atoms with E-state index in [4.69, 9.17) is 5.11 Å². The minimum atomic E-state index is -0.887. The maximum absolute atomic E-state index is 10.6. The van der Waals surface area contributed by atoms with Crippen LogP contribution >= 0.6 is 0 Å². The van der Waals surface area contributed by atoms with Gasteiger partial charge in [0.15, 0.2) is 0 Å². The van der Waals surface area contributed by atoms with Crippen molar-refractivity contribution < 1.29 is 14.8 Å². The summed E-state index contributed by atoms with van der Waals surface area (Å²) in [5.74, 6) is -0.535. The second-order valence-electron chi connectivity index (χ2n) is 4.07. The van der Waals surface area contributed by atoms with Gasteiger partial charge in [-0.05, 0) is 12.8 Å². The third-order valence-electron chi connectivity index (χ3n) is 2.65. The van der Waals surface area contributed by atoms with Crippen LogP contribution in [0.15, 0.2) is 12.4 Å². The smallest absolute Gasteiger partial charge is 0.305 e. The molecule has 0 radical (unpaired) electrons. The number of rotatable bonds is 6. The minimum absolute atomic E-state index is 0.00313. The van der Waals surface area contributed by atoms with Gasteiger partial charge in [-0.2, -0.15) is 0 Å². The predicted octanol–water partition coefficient (Wildman–Crippen LogP) is 0.828. The molecule has 8 heteroatoms. The molecule has 0 atom stereocenters. The van der Waals surface area contributed by atoms with E-state index >= 15 is 0 Å². The molecule has 0 saturated heterocycles. The highest BCUT2D eigenvalue weighted by Gasteiger charge is 2.31. The number of carboxylic acids is 1. The summed E-state index contributed by atoms with van der Waals surface area (Å²) in [5, 5.41) is 19.1. The van der Waals surface area contributed by atoms with Gasteiger partial charge in [0.1, 0.15) is 12.4 Å². The fourth-order valence-electron chi connectivity index (χ4n) is 1.61. The average Bonchev–Trinajstić information content (AvgIpc) is 3.14. The first-order valence-corrected chi connectivity index (χ1v) is 5.53. The molecule has 1 saturated carbocycles. The van der Waals surface area contributed by atoms with Crippen LogP contribution in [-0.2, 0) is 4.79 Å². The molecule has 1 aliphatic rings. The monoisotopic (exact) mass is 252 g/mol. The van der Waals surface area contributed by atoms with Gasteiger partial charge in [0.25, 0.3) is 0 Å². The lowest BCUT2D eigenvalue weighted by molar-refractivity contribution is -0.385. The summed E-state index contributed by atoms with van der Waals surface area (Å²) in [6.45, 7) is 0.317. The van der Waals surface area contributed by atoms with Crippen molar-refractivity contribution in [2.45, 2.75) is 25.3 Å². The molecule has 0 aromatic carbocycles. The van der Waals surface area contributed by atoms with E-state index in [9.17, 15) is 14.9 Å². The van der Waals surface area contributed by atoms with Crippen molar-refractivity contribution >= 4 is 17.6 Å². The van der Waals surface area contributed by atoms with Gasteiger partial charge in [-0.1, -0.05) is 0 Å². The first kappa shape index (κ1) is 12.2. The number of aromatic nitrogens is 2. The molecule has 1 aromatic heterocycles. The van der Waals surface area contributed by atoms with E-state index in [1.54, 1.807) is 4.90 Å². The molecule has 96 valence electrons. The Kier molecular flexibility index (Phi) is 3.35. The maximum Gasteiger partial charge on any atom is 0.305 e. The first-order valence-electron chi connectivity index (χ1n) is 5.53. The fraction of sp³-hybridized carbons (Fsp3) is 0.500. The Morgan fingerprint density at radius 3 is 2.56 bits per heavy atom. The first-order chi connectivity index (χ1) is 8.58. The van der Waals surface area contributed by atoms with Gasteiger partial charge < -0.3 is 10.0 Å². The third kappa shape index (κ3) is 2.90. The van der Waals surface area contributed by atoms with Crippen molar-refractivity contribution in [2.75, 3.05) is 11.4 Å². The van der Waals surface area contributed by atoms with Crippen LogP contribution in [0.4, 0.5) is 11.6 Å². The molecule has 0 bridgehead atoms. The molecule has 8 nitrogen and oxygen atoms in total. The molecule has 1 fully saturated rings. The van der Waals surface area contributed by atoms with Gasteiger partial charge in [0.2, 0.25) is 5.95 Å². The Morgan fingerprint density at radius 1 is 1.50 bits per heavy atom. The molecule has 0 unspecified atom stereocenters. The van der Waals surface area contributed by atoms with Crippen LogP contribution in [0.25, 0.3) is 0 Å². The third-order valence-corrected chi connectivity index (χ3v) is 2.65. The van der Waals surface area contributed by atoms with Crippen LogP contribution in [-0.4, -0.2) is 38.6 Å². The maximum atomic E-state index is 10.6. The molecule has 0 amide bonds. The Hall–Kier alpha value is -2.25. The number of aliphatic carboxylic acids is 1. The highest BCUT2D eigenvalue weighted by molar-refractivity contribution is 5.67. The van der Waals surface area contributed by atoms with Crippen molar-refractivity contribution in [1.29, 1.82) is 0 Å². The summed E-state index contributed by atoms with van der Waals surface area (Å²) < 4.78 is 0. The second kappa shape index (κ2) is 4.94. The lowest BCUT2D eigenvalue weighted by atomic mass is 10.4. The van der Waals surface area contributed by atoms with Crippen LogP contribution in [0.1, 0.15) is 19.3 Å². The van der Waals surface area contributed by atoms with E-state index in [1.165, 1.54) is 0 Å². The molecule has 0 spiro atoms. The molecular weight excluding hydrogens is 240 g/mol. The zero-order valence-electron chi connectivity index (χ0n) is 9.52. The van der Waals surface area contributed by atoms with Crippen LogP contribution in [0.5, 0.6) is 0 Å². The molecule has 18 heavy (non-hydrogen) atoms.